The number of hydrogen-bond donors (Lipinski definition) is 1. The number of anilines is 2. The molecule has 1 amide bonds. The molecule has 0 saturated carbocycles. The molecule has 1 aromatic heterocycles. The van der Waals surface area contributed by atoms with Gasteiger partial charge in [-0.15, -0.1) is 10.2 Å². The number of rotatable bonds is 10. The Morgan fingerprint density at radius 1 is 0.973 bits per heavy atom. The Balaban J connectivity index is 1.51. The Morgan fingerprint density at radius 2 is 1.65 bits per heavy atom. The van der Waals surface area contributed by atoms with Crippen molar-refractivity contribution in [3.63, 3.8) is 0 Å². The number of aryl methyl sites for hydroxylation is 1. The third-order valence-electron chi connectivity index (χ3n) is 5.60. The molecule has 1 heterocycles. The maximum atomic E-state index is 13.6. The second kappa shape index (κ2) is 11.9. The summed E-state index contributed by atoms with van der Waals surface area (Å²) in [5, 5.41) is 11.2. The van der Waals surface area contributed by atoms with Gasteiger partial charge in [0.05, 0.1) is 10.6 Å². The van der Waals surface area contributed by atoms with Crippen molar-refractivity contribution in [2.45, 2.75) is 41.7 Å². The van der Waals surface area contributed by atoms with Crippen LogP contribution in [0.25, 0.3) is 0 Å². The largest absolute Gasteiger partial charge is 0.299 e. The molecule has 0 fully saturated rings. The van der Waals surface area contributed by atoms with E-state index in [1.807, 2.05) is 49.4 Å². The van der Waals surface area contributed by atoms with Crippen LogP contribution in [0.2, 0.25) is 0 Å². The van der Waals surface area contributed by atoms with Crippen molar-refractivity contribution >= 4 is 49.8 Å². The highest BCUT2D eigenvalue weighted by molar-refractivity contribution is 8.00. The van der Waals surface area contributed by atoms with Gasteiger partial charge in [0.25, 0.3) is 10.0 Å². The molecule has 4 aromatic rings. The van der Waals surface area contributed by atoms with E-state index in [0.29, 0.717) is 21.1 Å². The summed E-state index contributed by atoms with van der Waals surface area (Å²) in [5.41, 5.74) is 3.60. The lowest BCUT2D eigenvalue weighted by Crippen LogP contribution is -2.38. The molecule has 7 nitrogen and oxygen atoms in total. The Labute approximate surface area is 226 Å². The van der Waals surface area contributed by atoms with Gasteiger partial charge in [-0.25, -0.2) is 8.42 Å². The molecule has 3 aromatic carbocycles. The standard InChI is InChI=1S/C27H28N4O3S3/c1-19(2)22-11-13-23(14-12-22)31(37(33,34)24-15-9-20(3)10-16-24)17-25(32)28-26-29-30-27(36-26)35-18-21-7-5-4-6-8-21/h4-16,19H,17-18H2,1-3H3,(H,28,29,32). The van der Waals surface area contributed by atoms with E-state index in [1.54, 1.807) is 36.4 Å². The molecule has 0 aliphatic rings. The maximum Gasteiger partial charge on any atom is 0.264 e. The molecule has 0 aliphatic heterocycles. The summed E-state index contributed by atoms with van der Waals surface area (Å²) in [7, 11) is -3.99. The molecule has 4 rings (SSSR count). The lowest BCUT2D eigenvalue weighted by atomic mass is 10.0. The molecule has 0 spiro atoms. The van der Waals surface area contributed by atoms with E-state index in [2.05, 4.69) is 29.4 Å². The Morgan fingerprint density at radius 3 is 2.30 bits per heavy atom. The van der Waals surface area contributed by atoms with E-state index in [1.165, 1.54) is 23.1 Å². The molecule has 1 N–H and O–H groups in total. The number of nitrogens with zero attached hydrogens (tertiary/aromatic N) is 3. The Hall–Kier alpha value is -3.21. The van der Waals surface area contributed by atoms with Gasteiger partial charge in [-0.2, -0.15) is 0 Å². The van der Waals surface area contributed by atoms with E-state index in [0.717, 1.165) is 26.7 Å². The van der Waals surface area contributed by atoms with Crippen molar-refractivity contribution in [3.8, 4) is 0 Å². The van der Waals surface area contributed by atoms with Gasteiger partial charge in [-0.1, -0.05) is 97.1 Å². The average molecular weight is 553 g/mol. The molecule has 0 radical (unpaired) electrons. The normalized spacial score (nSPS) is 11.5. The predicted octanol–water partition coefficient (Wildman–Crippen LogP) is 6.10. The van der Waals surface area contributed by atoms with Crippen LogP contribution in [-0.2, 0) is 20.6 Å². The third-order valence-corrected chi connectivity index (χ3v) is 9.43. The molecule has 0 aliphatic carbocycles. The zero-order valence-corrected chi connectivity index (χ0v) is 23.2. The topological polar surface area (TPSA) is 92.3 Å². The van der Waals surface area contributed by atoms with Gasteiger partial charge < -0.3 is 0 Å². The fourth-order valence-corrected chi connectivity index (χ4v) is 6.65. The molecular formula is C27H28N4O3S3. The van der Waals surface area contributed by atoms with Crippen molar-refractivity contribution < 1.29 is 13.2 Å². The highest BCUT2D eigenvalue weighted by Crippen LogP contribution is 2.29. The molecule has 10 heteroatoms. The number of carbonyl (C=O) groups excluding carboxylic acids is 1. The van der Waals surface area contributed by atoms with Gasteiger partial charge in [0.1, 0.15) is 6.54 Å². The third kappa shape index (κ3) is 6.97. The maximum absolute atomic E-state index is 13.6. The SMILES string of the molecule is Cc1ccc(S(=O)(=O)N(CC(=O)Nc2nnc(SCc3ccccc3)s2)c2ccc(C(C)C)cc2)cc1. The first-order valence-corrected chi connectivity index (χ1v) is 15.0. The molecule has 0 unspecified atom stereocenters. The van der Waals surface area contributed by atoms with E-state index >= 15 is 0 Å². The monoisotopic (exact) mass is 552 g/mol. The zero-order chi connectivity index (χ0) is 26.4. The van der Waals surface area contributed by atoms with Gasteiger partial charge in [0.15, 0.2) is 4.34 Å². The summed E-state index contributed by atoms with van der Waals surface area (Å²) in [4.78, 5) is 13.1. The number of amides is 1. The molecule has 0 bridgehead atoms. The van der Waals surface area contributed by atoms with Gasteiger partial charge in [-0.05, 0) is 48.2 Å². The fourth-order valence-electron chi connectivity index (χ4n) is 3.51. The summed E-state index contributed by atoms with van der Waals surface area (Å²) in [5.74, 6) is 0.531. The summed E-state index contributed by atoms with van der Waals surface area (Å²) >= 11 is 2.78. The first kappa shape index (κ1) is 26.8. The van der Waals surface area contributed by atoms with Crippen molar-refractivity contribution in [2.24, 2.45) is 0 Å². The van der Waals surface area contributed by atoms with Crippen LogP contribution >= 0.6 is 23.1 Å². The van der Waals surface area contributed by atoms with Crippen LogP contribution < -0.4 is 9.62 Å². The van der Waals surface area contributed by atoms with E-state index in [-0.39, 0.29) is 4.90 Å². The van der Waals surface area contributed by atoms with Crippen LogP contribution in [0.5, 0.6) is 0 Å². The highest BCUT2D eigenvalue weighted by atomic mass is 32.2. The van der Waals surface area contributed by atoms with Crippen LogP contribution in [-0.4, -0.2) is 31.1 Å². The van der Waals surface area contributed by atoms with Gasteiger partial charge in [0.2, 0.25) is 11.0 Å². The van der Waals surface area contributed by atoms with Gasteiger partial charge in [-0.3, -0.25) is 14.4 Å². The Bertz CT molecular complexity index is 1440. The number of carbonyl (C=O) groups is 1. The quantitative estimate of drug-likeness (QED) is 0.189. The minimum atomic E-state index is -3.99. The van der Waals surface area contributed by atoms with Crippen molar-refractivity contribution in [1.29, 1.82) is 0 Å². The minimum absolute atomic E-state index is 0.120. The number of thioether (sulfide) groups is 1. The lowest BCUT2D eigenvalue weighted by Gasteiger charge is -2.24. The smallest absolute Gasteiger partial charge is 0.264 e. The van der Waals surface area contributed by atoms with E-state index in [9.17, 15) is 13.2 Å². The number of nitrogens with one attached hydrogen (secondary N) is 1. The molecule has 37 heavy (non-hydrogen) atoms. The van der Waals surface area contributed by atoms with E-state index < -0.39 is 22.5 Å². The number of hydrogen-bond acceptors (Lipinski definition) is 7. The first-order valence-electron chi connectivity index (χ1n) is 11.7. The number of benzene rings is 3. The second-order valence-corrected chi connectivity index (χ2v) is 12.8. The summed E-state index contributed by atoms with van der Waals surface area (Å²) in [6.07, 6.45) is 0. The van der Waals surface area contributed by atoms with Crippen LogP contribution in [0.4, 0.5) is 10.8 Å². The van der Waals surface area contributed by atoms with Crippen molar-refractivity contribution in [3.05, 3.63) is 95.6 Å². The second-order valence-electron chi connectivity index (χ2n) is 8.77. The molecule has 0 saturated heterocycles. The van der Waals surface area contributed by atoms with Crippen LogP contribution in [0, 0.1) is 6.92 Å². The minimum Gasteiger partial charge on any atom is -0.299 e. The van der Waals surface area contributed by atoms with Crippen LogP contribution in [0.15, 0.2) is 88.1 Å². The zero-order valence-electron chi connectivity index (χ0n) is 20.8. The highest BCUT2D eigenvalue weighted by Gasteiger charge is 2.27. The average Bonchev–Trinajstić information content (AvgIpc) is 3.34. The van der Waals surface area contributed by atoms with Crippen LogP contribution in [0.3, 0.4) is 0 Å². The van der Waals surface area contributed by atoms with Crippen molar-refractivity contribution in [1.82, 2.24) is 10.2 Å². The first-order chi connectivity index (χ1) is 17.7. The molecule has 0 atom stereocenters. The predicted molar refractivity (Wildman–Crippen MR) is 151 cm³/mol. The molecule has 192 valence electrons. The van der Waals surface area contributed by atoms with Gasteiger partial charge in [0, 0.05) is 5.75 Å². The molecular weight excluding hydrogens is 525 g/mol. The van der Waals surface area contributed by atoms with Gasteiger partial charge >= 0.3 is 0 Å². The fraction of sp³-hybridized carbons (Fsp3) is 0.222. The number of sulfonamides is 1. The Kier molecular flexibility index (Phi) is 8.63. The van der Waals surface area contributed by atoms with E-state index in [4.69, 9.17) is 0 Å². The summed E-state index contributed by atoms with van der Waals surface area (Å²) in [6.45, 7) is 5.62. The lowest BCUT2D eigenvalue weighted by molar-refractivity contribution is -0.114. The van der Waals surface area contributed by atoms with Crippen LogP contribution in [0.1, 0.15) is 36.5 Å². The number of aromatic nitrogens is 2. The summed E-state index contributed by atoms with van der Waals surface area (Å²) in [6, 6.07) is 23.8. The summed E-state index contributed by atoms with van der Waals surface area (Å²) < 4.78 is 29.0. The van der Waals surface area contributed by atoms with Crippen molar-refractivity contribution in [2.75, 3.05) is 16.2 Å².